The molecule has 12 rings (SSSR count). The summed E-state index contributed by atoms with van der Waals surface area (Å²) in [5, 5.41) is 16.8. The van der Waals surface area contributed by atoms with Gasteiger partial charge in [0, 0.05) is 73.5 Å². The highest BCUT2D eigenvalue weighted by Gasteiger charge is 2.61. The smallest absolute Gasteiger partial charge is 0.272 e. The first-order valence-corrected chi connectivity index (χ1v) is 26.8. The van der Waals surface area contributed by atoms with Crippen LogP contribution < -0.4 is 10.6 Å². The number of Topliss-reactive ketones (excluding diaryl/α,β-unsaturated/α-hetero) is 1. The molecule has 364 valence electrons. The van der Waals surface area contributed by atoms with Crippen molar-refractivity contribution < 1.29 is 28.6 Å². The van der Waals surface area contributed by atoms with E-state index in [0.29, 0.717) is 67.8 Å². The number of ketones is 1. The fraction of sp³-hybridized carbons (Fsp3) is 0.833. The molecule has 6 saturated carbocycles. The average molecular weight is 911 g/mol. The molecule has 6 unspecified atom stereocenters. The zero-order chi connectivity index (χ0) is 46.1. The molecule has 2 N–H and O–H groups in total. The number of ether oxygens (including phenoxy) is 3. The number of fused-ring (bicyclic) bond motifs is 6. The van der Waals surface area contributed by atoms with Crippen LogP contribution in [0.3, 0.4) is 0 Å². The first kappa shape index (κ1) is 46.6. The third kappa shape index (κ3) is 8.44. The summed E-state index contributed by atoms with van der Waals surface area (Å²) in [6.45, 7) is 17.3. The van der Waals surface area contributed by atoms with Gasteiger partial charge in [-0.2, -0.15) is 10.2 Å². The van der Waals surface area contributed by atoms with Crippen LogP contribution in [0.1, 0.15) is 226 Å². The predicted molar refractivity (Wildman–Crippen MR) is 253 cm³/mol. The van der Waals surface area contributed by atoms with Gasteiger partial charge in [0.05, 0.1) is 25.3 Å². The lowest BCUT2D eigenvalue weighted by molar-refractivity contribution is -0.164. The van der Waals surface area contributed by atoms with Gasteiger partial charge in [-0.25, -0.2) is 0 Å². The van der Waals surface area contributed by atoms with Crippen LogP contribution in [0, 0.1) is 33.5 Å². The van der Waals surface area contributed by atoms with Crippen molar-refractivity contribution >= 4 is 17.6 Å². The van der Waals surface area contributed by atoms with Gasteiger partial charge >= 0.3 is 0 Å². The highest BCUT2D eigenvalue weighted by molar-refractivity contribution is 5.97. The van der Waals surface area contributed by atoms with Crippen molar-refractivity contribution in [3.05, 3.63) is 33.9 Å². The Morgan fingerprint density at radius 1 is 0.576 bits per heavy atom. The highest BCUT2D eigenvalue weighted by Crippen LogP contribution is 2.63. The van der Waals surface area contributed by atoms with Gasteiger partial charge in [0.25, 0.3) is 11.8 Å². The van der Waals surface area contributed by atoms with E-state index in [1.165, 1.54) is 108 Å². The van der Waals surface area contributed by atoms with E-state index in [1.807, 2.05) is 0 Å². The molecule has 6 atom stereocenters. The Hall–Kier alpha value is -3.09. The Morgan fingerprint density at radius 3 is 1.52 bits per heavy atom. The maximum atomic E-state index is 13.8. The minimum atomic E-state index is -0.555. The predicted octanol–water partition coefficient (Wildman–Crippen LogP) is 9.75. The number of hydrogen-bond acceptors (Lipinski definition) is 8. The quantitative estimate of drug-likeness (QED) is 0.292. The number of aromatic nitrogens is 4. The Labute approximate surface area is 394 Å². The third-order valence-corrected chi connectivity index (χ3v) is 19.4. The summed E-state index contributed by atoms with van der Waals surface area (Å²) in [6, 6.07) is 1.20. The Balaban J connectivity index is 0.000000141. The van der Waals surface area contributed by atoms with Gasteiger partial charge in [-0.3, -0.25) is 23.7 Å². The topological polar surface area (TPSA) is 139 Å². The third-order valence-electron chi connectivity index (χ3n) is 19.4. The van der Waals surface area contributed by atoms with Crippen molar-refractivity contribution in [2.45, 2.75) is 226 Å². The summed E-state index contributed by atoms with van der Waals surface area (Å²) < 4.78 is 21.4. The summed E-state index contributed by atoms with van der Waals surface area (Å²) in [6.07, 6.45) is 26.2. The van der Waals surface area contributed by atoms with Crippen LogP contribution in [0.25, 0.3) is 0 Å². The molecular weight excluding hydrogens is 829 g/mol. The van der Waals surface area contributed by atoms with Crippen molar-refractivity contribution in [3.8, 4) is 0 Å². The van der Waals surface area contributed by atoms with Gasteiger partial charge in [-0.1, -0.05) is 80.1 Å². The van der Waals surface area contributed by atoms with E-state index in [2.05, 4.69) is 61.5 Å². The van der Waals surface area contributed by atoms with E-state index in [9.17, 15) is 14.4 Å². The molecule has 8 aliphatic carbocycles. The number of rotatable bonds is 6. The van der Waals surface area contributed by atoms with Crippen LogP contribution in [-0.2, 0) is 44.7 Å². The summed E-state index contributed by atoms with van der Waals surface area (Å²) >= 11 is 0. The first-order chi connectivity index (χ1) is 31.6. The molecule has 8 fully saturated rings. The molecule has 12 nitrogen and oxygen atoms in total. The minimum Gasteiger partial charge on any atom is -0.381 e. The van der Waals surface area contributed by atoms with E-state index in [0.717, 1.165) is 62.1 Å². The Kier molecular flexibility index (Phi) is 12.7. The zero-order valence-electron chi connectivity index (χ0n) is 41.5. The van der Waals surface area contributed by atoms with Crippen LogP contribution in [0.2, 0.25) is 0 Å². The van der Waals surface area contributed by atoms with Crippen LogP contribution >= 0.6 is 0 Å². The summed E-state index contributed by atoms with van der Waals surface area (Å²) in [5.74, 6) is 1.03. The molecular formula is C54H82N6O6. The molecule has 2 saturated heterocycles. The first-order valence-electron chi connectivity index (χ1n) is 26.8. The molecule has 1 spiro atoms. The number of hydrogen-bond donors (Lipinski definition) is 2. The van der Waals surface area contributed by atoms with E-state index in [1.54, 1.807) is 0 Å². The molecule has 0 radical (unpaired) electrons. The number of carbonyl (C=O) groups excluding carboxylic acids is 3. The largest absolute Gasteiger partial charge is 0.381 e. The normalized spacial score (nSPS) is 33.8. The SMILES string of the molecule is C1CCOC1.CC12CCC(C1)C(C)(C)C2NC(=O)c1nn(C2CCCCC2)c2c1CC(=O)CC2.CC12CCC(C1)C(C)(C)C2NC(=O)c1nn(C2CCCCC2)c2c1CC1(CC2)OCCO1. The van der Waals surface area contributed by atoms with E-state index in [4.69, 9.17) is 24.4 Å². The average Bonchev–Trinajstić information content (AvgIpc) is 4.19. The van der Waals surface area contributed by atoms with Crippen molar-refractivity contribution in [2.75, 3.05) is 26.4 Å². The van der Waals surface area contributed by atoms with Gasteiger partial charge in [0.1, 0.15) is 5.78 Å². The van der Waals surface area contributed by atoms with Crippen LogP contribution in [0.15, 0.2) is 0 Å². The van der Waals surface area contributed by atoms with Crippen molar-refractivity contribution in [1.82, 2.24) is 30.2 Å². The van der Waals surface area contributed by atoms with Gasteiger partial charge in [-0.15, -0.1) is 0 Å². The molecule has 10 aliphatic rings. The van der Waals surface area contributed by atoms with Gasteiger partial charge in [-0.05, 0) is 123 Å². The molecule has 66 heavy (non-hydrogen) atoms. The molecule has 0 aromatic carbocycles. The second kappa shape index (κ2) is 18.0. The fourth-order valence-corrected chi connectivity index (χ4v) is 15.7. The van der Waals surface area contributed by atoms with Gasteiger partial charge < -0.3 is 24.8 Å². The zero-order valence-corrected chi connectivity index (χ0v) is 41.5. The van der Waals surface area contributed by atoms with Crippen molar-refractivity contribution in [2.24, 2.45) is 33.5 Å². The maximum Gasteiger partial charge on any atom is 0.272 e. The standard InChI is InChI=1S/C26H39N3O3.C24H35N3O2.C4H8O/c1-24(2)17-9-11-25(3,15-17)23(24)27-22(30)21-19-16-26(31-13-14-32-26)12-10-20(19)29(28-21)18-7-5-4-6-8-18;1-23(2)15-11-12-24(3,14-15)22(23)25-21(29)20-18-13-17(28)9-10-19(18)27(26-20)16-7-5-4-6-8-16;1-2-4-5-3-1/h17-18,23H,4-16H2,1-3H3,(H,27,30);15-16,22H,4-14H2,1-3H3,(H,25,29);1-4H2. The lowest BCUT2D eigenvalue weighted by Crippen LogP contribution is -2.52. The monoisotopic (exact) mass is 911 g/mol. The number of nitrogens with zero attached hydrogens (tertiary/aromatic N) is 4. The van der Waals surface area contributed by atoms with Crippen LogP contribution in [0.4, 0.5) is 0 Å². The Bertz CT molecular complexity index is 2120. The molecule has 4 heterocycles. The van der Waals surface area contributed by atoms with E-state index >= 15 is 0 Å². The summed E-state index contributed by atoms with van der Waals surface area (Å²) in [4.78, 5) is 39.5. The second-order valence-corrected chi connectivity index (χ2v) is 24.5. The molecule has 2 aromatic rings. The van der Waals surface area contributed by atoms with Crippen LogP contribution in [0.5, 0.6) is 0 Å². The lowest BCUT2D eigenvalue weighted by Gasteiger charge is -2.43. The van der Waals surface area contributed by atoms with E-state index in [-0.39, 0.29) is 51.3 Å². The van der Waals surface area contributed by atoms with Gasteiger partial charge in [0.15, 0.2) is 17.2 Å². The number of amides is 2. The number of carbonyl (C=O) groups is 3. The summed E-state index contributed by atoms with van der Waals surface area (Å²) in [7, 11) is 0. The summed E-state index contributed by atoms with van der Waals surface area (Å²) in [5.41, 5.74) is 6.19. The fourth-order valence-electron chi connectivity index (χ4n) is 15.7. The lowest BCUT2D eigenvalue weighted by atomic mass is 9.68. The minimum absolute atomic E-state index is 0.0118. The van der Waals surface area contributed by atoms with Crippen molar-refractivity contribution in [3.63, 3.8) is 0 Å². The highest BCUT2D eigenvalue weighted by atomic mass is 16.7. The maximum absolute atomic E-state index is 13.8. The van der Waals surface area contributed by atoms with Crippen molar-refractivity contribution in [1.29, 1.82) is 0 Å². The molecule has 12 heteroatoms. The molecule has 4 bridgehead atoms. The van der Waals surface area contributed by atoms with Crippen LogP contribution in [-0.4, -0.2) is 81.5 Å². The number of nitrogens with one attached hydrogen (secondary N) is 2. The Morgan fingerprint density at radius 2 is 1.06 bits per heavy atom. The molecule has 2 amide bonds. The molecule has 2 aliphatic heterocycles. The molecule has 2 aromatic heterocycles. The van der Waals surface area contributed by atoms with Gasteiger partial charge in [0.2, 0.25) is 0 Å². The van der Waals surface area contributed by atoms with E-state index < -0.39 is 5.79 Å². The second-order valence-electron chi connectivity index (χ2n) is 24.5.